The Kier molecular flexibility index (Phi) is 4.47. The molecule has 2 N–H and O–H groups in total. The molecule has 21 heavy (non-hydrogen) atoms. The molecular weight excluding hydrogens is 284 g/mol. The zero-order valence-electron chi connectivity index (χ0n) is 12.8. The van der Waals surface area contributed by atoms with E-state index in [9.17, 15) is 4.79 Å². The van der Waals surface area contributed by atoms with Crippen molar-refractivity contribution >= 4 is 33.9 Å². The fourth-order valence-corrected chi connectivity index (χ4v) is 2.96. The highest BCUT2D eigenvalue weighted by Gasteiger charge is 2.22. The van der Waals surface area contributed by atoms with Crippen molar-refractivity contribution in [3.63, 3.8) is 0 Å². The highest BCUT2D eigenvalue weighted by atomic mass is 32.1. The van der Waals surface area contributed by atoms with Crippen molar-refractivity contribution in [3.8, 4) is 0 Å². The number of hydrogen-bond donors (Lipinski definition) is 1. The third-order valence-electron chi connectivity index (χ3n) is 3.42. The van der Waals surface area contributed by atoms with Crippen LogP contribution < -0.4 is 15.5 Å². The smallest absolute Gasteiger partial charge is 0.272 e. The number of aromatic nitrogens is 1. The summed E-state index contributed by atoms with van der Waals surface area (Å²) in [4.78, 5) is 21.0. The minimum absolute atomic E-state index is 0.130. The van der Waals surface area contributed by atoms with Crippen LogP contribution in [0.5, 0.6) is 0 Å². The lowest BCUT2D eigenvalue weighted by Crippen LogP contribution is -2.26. The molecule has 1 heterocycles. The first kappa shape index (κ1) is 15.3. The lowest BCUT2D eigenvalue weighted by Gasteiger charge is -2.18. The summed E-state index contributed by atoms with van der Waals surface area (Å²) in [5.74, 6) is 0.163. The number of para-hydroxylation sites is 1. The predicted molar refractivity (Wildman–Crippen MR) is 89.4 cm³/mol. The van der Waals surface area contributed by atoms with Crippen LogP contribution in [0.25, 0.3) is 0 Å². The summed E-state index contributed by atoms with van der Waals surface area (Å²) in [7, 11) is 3.69. The molecule has 0 radical (unpaired) electrons. The highest BCUT2D eigenvalue weighted by Crippen LogP contribution is 2.30. The molecule has 0 saturated heterocycles. The fraction of sp³-hybridized carbons (Fsp3) is 0.333. The largest absolute Gasteiger partial charge is 0.382 e. The number of benzene rings is 1. The summed E-state index contributed by atoms with van der Waals surface area (Å²) in [5, 5.41) is 0.761. The van der Waals surface area contributed by atoms with Gasteiger partial charge in [-0.15, -0.1) is 0 Å². The molecule has 5 nitrogen and oxygen atoms in total. The zero-order valence-corrected chi connectivity index (χ0v) is 13.6. The number of anilines is 3. The number of hydrogen-bond acceptors (Lipinski definition) is 5. The van der Waals surface area contributed by atoms with Crippen molar-refractivity contribution in [2.45, 2.75) is 13.8 Å². The molecular formula is C15H20N4OS. The number of nitrogens with zero attached hydrogens (tertiary/aromatic N) is 3. The Labute approximate surface area is 129 Å². The van der Waals surface area contributed by atoms with Crippen molar-refractivity contribution in [2.24, 2.45) is 0 Å². The van der Waals surface area contributed by atoms with Crippen LogP contribution in [-0.4, -0.2) is 31.5 Å². The Morgan fingerprint density at radius 1 is 1.33 bits per heavy atom. The zero-order chi connectivity index (χ0) is 15.6. The standard InChI is InChI=1S/C15H20N4OS/c1-5-18(3)15-17-13(16)12(21-15)14(20)19(4)11-9-7-6-8-10(11)2/h6-9H,5,16H2,1-4H3. The number of thiazole rings is 1. The van der Waals surface area contributed by atoms with E-state index in [0.717, 1.165) is 22.9 Å². The Hall–Kier alpha value is -2.08. The Bertz CT molecular complexity index is 653. The van der Waals surface area contributed by atoms with Crippen LogP contribution >= 0.6 is 11.3 Å². The van der Waals surface area contributed by atoms with Gasteiger partial charge in [0.05, 0.1) is 0 Å². The first-order chi connectivity index (χ1) is 9.95. The molecule has 1 aromatic heterocycles. The summed E-state index contributed by atoms with van der Waals surface area (Å²) in [6.07, 6.45) is 0. The number of carbonyl (C=O) groups excluding carboxylic acids is 1. The Morgan fingerprint density at radius 2 is 2.00 bits per heavy atom. The van der Waals surface area contributed by atoms with Gasteiger partial charge in [-0.2, -0.15) is 0 Å². The molecule has 0 bridgehead atoms. The maximum absolute atomic E-state index is 12.6. The van der Waals surface area contributed by atoms with E-state index in [1.807, 2.05) is 50.1 Å². The number of nitrogens with two attached hydrogens (primary N) is 1. The molecule has 6 heteroatoms. The second kappa shape index (κ2) is 6.13. The number of nitrogen functional groups attached to an aromatic ring is 1. The molecule has 0 aliphatic heterocycles. The fourth-order valence-electron chi connectivity index (χ4n) is 1.97. The van der Waals surface area contributed by atoms with Gasteiger partial charge in [0, 0.05) is 26.3 Å². The third-order valence-corrected chi connectivity index (χ3v) is 4.59. The third kappa shape index (κ3) is 3.00. The van der Waals surface area contributed by atoms with Crippen molar-refractivity contribution in [3.05, 3.63) is 34.7 Å². The van der Waals surface area contributed by atoms with E-state index < -0.39 is 0 Å². The van der Waals surface area contributed by atoms with Gasteiger partial charge in [0.1, 0.15) is 10.7 Å². The Balaban J connectivity index is 2.32. The number of aryl methyl sites for hydroxylation is 1. The summed E-state index contributed by atoms with van der Waals surface area (Å²) in [6, 6.07) is 7.76. The van der Waals surface area contributed by atoms with E-state index in [0.29, 0.717) is 10.7 Å². The molecule has 0 aliphatic rings. The van der Waals surface area contributed by atoms with E-state index in [1.54, 1.807) is 11.9 Å². The quantitative estimate of drug-likeness (QED) is 0.943. The summed E-state index contributed by atoms with van der Waals surface area (Å²) < 4.78 is 0. The second-order valence-electron chi connectivity index (χ2n) is 4.88. The lowest BCUT2D eigenvalue weighted by atomic mass is 10.2. The van der Waals surface area contributed by atoms with Crippen molar-refractivity contribution in [1.29, 1.82) is 0 Å². The normalized spacial score (nSPS) is 10.5. The number of rotatable bonds is 4. The maximum atomic E-state index is 12.6. The monoisotopic (exact) mass is 304 g/mol. The predicted octanol–water partition coefficient (Wildman–Crippen LogP) is 2.77. The molecule has 112 valence electrons. The molecule has 1 amide bonds. The van der Waals surface area contributed by atoms with Crippen LogP contribution in [0, 0.1) is 6.92 Å². The Morgan fingerprint density at radius 3 is 2.62 bits per heavy atom. The van der Waals surface area contributed by atoms with E-state index in [4.69, 9.17) is 5.73 Å². The topological polar surface area (TPSA) is 62.5 Å². The molecule has 0 atom stereocenters. The molecule has 1 aromatic carbocycles. The van der Waals surface area contributed by atoms with Gasteiger partial charge in [-0.05, 0) is 25.5 Å². The van der Waals surface area contributed by atoms with Gasteiger partial charge in [0.15, 0.2) is 5.13 Å². The molecule has 0 saturated carbocycles. The van der Waals surface area contributed by atoms with E-state index in [2.05, 4.69) is 4.98 Å². The maximum Gasteiger partial charge on any atom is 0.272 e. The van der Waals surface area contributed by atoms with Crippen LogP contribution in [-0.2, 0) is 0 Å². The number of amides is 1. The van der Waals surface area contributed by atoms with Gasteiger partial charge < -0.3 is 15.5 Å². The first-order valence-corrected chi connectivity index (χ1v) is 7.58. The van der Waals surface area contributed by atoms with Crippen LogP contribution in [0.4, 0.5) is 16.6 Å². The molecule has 2 rings (SSSR count). The molecule has 0 fully saturated rings. The van der Waals surface area contributed by atoms with Crippen LogP contribution in [0.3, 0.4) is 0 Å². The van der Waals surface area contributed by atoms with E-state index in [1.165, 1.54) is 11.3 Å². The summed E-state index contributed by atoms with van der Waals surface area (Å²) in [5.41, 5.74) is 7.83. The highest BCUT2D eigenvalue weighted by molar-refractivity contribution is 7.18. The van der Waals surface area contributed by atoms with Crippen LogP contribution in [0.2, 0.25) is 0 Å². The molecule has 0 aliphatic carbocycles. The van der Waals surface area contributed by atoms with Crippen molar-refractivity contribution < 1.29 is 4.79 Å². The average Bonchev–Trinajstić information content (AvgIpc) is 2.87. The minimum Gasteiger partial charge on any atom is -0.382 e. The minimum atomic E-state index is -0.130. The molecule has 2 aromatic rings. The van der Waals surface area contributed by atoms with Gasteiger partial charge in [-0.1, -0.05) is 29.5 Å². The van der Waals surface area contributed by atoms with Crippen molar-refractivity contribution in [2.75, 3.05) is 36.2 Å². The van der Waals surface area contributed by atoms with Gasteiger partial charge in [0.25, 0.3) is 5.91 Å². The van der Waals surface area contributed by atoms with Crippen LogP contribution in [0.15, 0.2) is 24.3 Å². The SMILES string of the molecule is CCN(C)c1nc(N)c(C(=O)N(C)c2ccccc2C)s1. The lowest BCUT2D eigenvalue weighted by molar-refractivity contribution is 0.0997. The molecule has 0 spiro atoms. The summed E-state index contributed by atoms with van der Waals surface area (Å²) >= 11 is 1.33. The van der Waals surface area contributed by atoms with Gasteiger partial charge >= 0.3 is 0 Å². The second-order valence-corrected chi connectivity index (χ2v) is 5.85. The number of carbonyl (C=O) groups is 1. The van der Waals surface area contributed by atoms with Gasteiger partial charge in [0.2, 0.25) is 0 Å². The van der Waals surface area contributed by atoms with Crippen LogP contribution in [0.1, 0.15) is 22.2 Å². The summed E-state index contributed by atoms with van der Waals surface area (Å²) in [6.45, 7) is 4.82. The van der Waals surface area contributed by atoms with Gasteiger partial charge in [-0.3, -0.25) is 4.79 Å². The first-order valence-electron chi connectivity index (χ1n) is 6.76. The molecule has 0 unspecified atom stereocenters. The average molecular weight is 304 g/mol. The van der Waals surface area contributed by atoms with Crippen molar-refractivity contribution in [1.82, 2.24) is 4.98 Å². The van der Waals surface area contributed by atoms with Gasteiger partial charge in [-0.25, -0.2) is 4.98 Å². The van der Waals surface area contributed by atoms with E-state index in [-0.39, 0.29) is 5.91 Å². The van der Waals surface area contributed by atoms with E-state index >= 15 is 0 Å².